The average Bonchev–Trinajstić information content (AvgIpc) is 0.827. The maximum Gasteiger partial charge on any atom is 0.220 e. The van der Waals surface area contributed by atoms with Crippen LogP contribution in [-0.2, 0) is 99.9 Å². The highest BCUT2D eigenvalue weighted by atomic mass is 16.7. The van der Waals surface area contributed by atoms with Crippen LogP contribution in [0, 0.1) is 0 Å². The van der Waals surface area contributed by atoms with E-state index in [1.807, 2.05) is 0 Å². The molecule has 0 aromatic rings. The third kappa shape index (κ3) is 37.6. The first-order valence-electron chi connectivity index (χ1n) is 35.6. The number of carbonyl (C=O) groups excluding carboxylic acids is 8. The molecule has 0 saturated carbocycles. The van der Waals surface area contributed by atoms with Crippen LogP contribution >= 0.6 is 0 Å². The number of ketones is 3. The average molecular weight is 1470 g/mol. The summed E-state index contributed by atoms with van der Waals surface area (Å²) in [5.74, 6) is -2.57. The lowest BCUT2D eigenvalue weighted by atomic mass is 9.81. The number of hydrogen-bond donors (Lipinski definition) is 14. The van der Waals surface area contributed by atoms with Gasteiger partial charge in [-0.1, -0.05) is 19.3 Å². The van der Waals surface area contributed by atoms with Gasteiger partial charge in [-0.2, -0.15) is 0 Å². The van der Waals surface area contributed by atoms with Gasteiger partial charge in [-0.05, 0) is 51.4 Å². The number of amides is 5. The summed E-state index contributed by atoms with van der Waals surface area (Å²) in [5.41, 5.74) is -1.22. The summed E-state index contributed by atoms with van der Waals surface area (Å²) >= 11 is 0. The Morgan fingerprint density at radius 2 is 0.686 bits per heavy atom. The van der Waals surface area contributed by atoms with Gasteiger partial charge in [-0.3, -0.25) is 38.4 Å². The fourth-order valence-electron chi connectivity index (χ4n) is 11.5. The van der Waals surface area contributed by atoms with E-state index in [1.54, 1.807) is 7.11 Å². The molecule has 0 radical (unpaired) electrons. The second kappa shape index (κ2) is 54.1. The standard InChI is InChI=1S/C67H119N5O30/c1-44(76)69-55-61(87)58(84)50(41-73)100-64(55)97-38-35-94-32-29-91-26-11-15-48(80)18-21-67(72-54(83)17-10-14-47(79)13-8-6-5-7-9-25-90-4,22-19-49(81)16-12-27-92-30-33-95-36-39-98-65-56(70-45(2)77)62(88)59(85)51(42-74)101-65)23-20-53(82)68-24-28-93-31-34-96-37-40-99-66-57(71-46(3)78)63(89)60(86)52(43-75)102-66/h50-52,55-66,73-75,84-89H,5-43H2,1-4H3,(H,68,82)(H,69,76)(H,70,77)(H,71,78)(H,72,83). The molecule has 5 amide bonds. The minimum Gasteiger partial charge on any atom is -0.394 e. The van der Waals surface area contributed by atoms with Gasteiger partial charge in [0.15, 0.2) is 18.9 Å². The Balaban J connectivity index is 1.60. The third-order valence-corrected chi connectivity index (χ3v) is 17.1. The van der Waals surface area contributed by atoms with Crippen LogP contribution in [-0.4, -0.2) is 329 Å². The molecule has 0 bridgehead atoms. The minimum absolute atomic E-state index is 0.0224. The van der Waals surface area contributed by atoms with Gasteiger partial charge in [0.2, 0.25) is 29.5 Å². The van der Waals surface area contributed by atoms with Crippen LogP contribution in [0.15, 0.2) is 0 Å². The van der Waals surface area contributed by atoms with Crippen LogP contribution in [0.4, 0.5) is 0 Å². The zero-order chi connectivity index (χ0) is 75.1. The molecule has 0 aromatic heterocycles. The Morgan fingerprint density at radius 3 is 1.08 bits per heavy atom. The molecule has 0 spiro atoms. The number of rotatable bonds is 60. The van der Waals surface area contributed by atoms with Crippen molar-refractivity contribution in [1.82, 2.24) is 26.6 Å². The van der Waals surface area contributed by atoms with Crippen molar-refractivity contribution < 1.29 is 146 Å². The lowest BCUT2D eigenvalue weighted by molar-refractivity contribution is -0.272. The summed E-state index contributed by atoms with van der Waals surface area (Å²) in [6.45, 7) is 4.05. The molecule has 0 aromatic carbocycles. The highest BCUT2D eigenvalue weighted by Gasteiger charge is 2.48. The molecule has 3 aliphatic heterocycles. The van der Waals surface area contributed by atoms with Crippen molar-refractivity contribution in [2.45, 2.75) is 240 Å². The van der Waals surface area contributed by atoms with Gasteiger partial charge in [0, 0.05) is 111 Å². The molecule has 15 unspecified atom stereocenters. The smallest absolute Gasteiger partial charge is 0.220 e. The first-order valence-corrected chi connectivity index (χ1v) is 35.6. The summed E-state index contributed by atoms with van der Waals surface area (Å²) in [7, 11) is 1.66. The predicted molar refractivity (Wildman–Crippen MR) is 357 cm³/mol. The third-order valence-electron chi connectivity index (χ3n) is 17.1. The van der Waals surface area contributed by atoms with Gasteiger partial charge < -0.3 is 134 Å². The Hall–Kier alpha value is -4.52. The largest absolute Gasteiger partial charge is 0.394 e. The summed E-state index contributed by atoms with van der Waals surface area (Å²) in [4.78, 5) is 103. The SMILES string of the molecule is COCCCCCCCC(=O)CCCC(=O)NC(CCC(=O)CCCOCCOCCOC1OC(CO)C(O)C(O)C1NC(C)=O)(CCC(=O)CCCOCCOCCOC1OC(CO)C(O)C(O)C1NC(C)=O)CCC(=O)NCCOCCOCCOC1OC(CO)C(O)C(O)C1NC(C)=O. The van der Waals surface area contributed by atoms with Crippen molar-refractivity contribution in [3.8, 4) is 0 Å². The molecule has 14 N–H and O–H groups in total. The van der Waals surface area contributed by atoms with E-state index in [9.17, 15) is 84.3 Å². The van der Waals surface area contributed by atoms with Crippen LogP contribution in [0.3, 0.4) is 0 Å². The number of methoxy groups -OCH3 is 1. The number of aliphatic hydroxyl groups is 9. The molecular weight excluding hydrogens is 1350 g/mol. The van der Waals surface area contributed by atoms with Gasteiger partial charge in [0.25, 0.3) is 0 Å². The second-order valence-corrected chi connectivity index (χ2v) is 25.5. The van der Waals surface area contributed by atoms with Crippen LogP contribution in [0.5, 0.6) is 0 Å². The molecule has 592 valence electrons. The molecule has 102 heavy (non-hydrogen) atoms. The van der Waals surface area contributed by atoms with Crippen molar-refractivity contribution >= 4 is 46.9 Å². The number of aliphatic hydroxyl groups excluding tert-OH is 9. The zero-order valence-corrected chi connectivity index (χ0v) is 59.8. The highest BCUT2D eigenvalue weighted by molar-refractivity contribution is 5.82. The van der Waals surface area contributed by atoms with E-state index in [2.05, 4.69) is 26.6 Å². The number of ether oxygens (including phenoxy) is 13. The van der Waals surface area contributed by atoms with Crippen LogP contribution in [0.2, 0.25) is 0 Å². The molecule has 3 saturated heterocycles. The summed E-state index contributed by atoms with van der Waals surface area (Å²) < 4.78 is 72.6. The Bertz CT molecular complexity index is 2150. The molecule has 0 aliphatic carbocycles. The number of carbonyl (C=O) groups is 8. The molecular formula is C67H119N5O30. The van der Waals surface area contributed by atoms with E-state index in [0.717, 1.165) is 32.1 Å². The van der Waals surface area contributed by atoms with Crippen molar-refractivity contribution in [2.75, 3.05) is 139 Å². The quantitative estimate of drug-likeness (QED) is 0.0265. The van der Waals surface area contributed by atoms with Crippen LogP contribution in [0.1, 0.15) is 143 Å². The fraction of sp³-hybridized carbons (Fsp3) is 0.881. The predicted octanol–water partition coefficient (Wildman–Crippen LogP) is -3.30. The van der Waals surface area contributed by atoms with Gasteiger partial charge >= 0.3 is 0 Å². The highest BCUT2D eigenvalue weighted by Crippen LogP contribution is 2.29. The Morgan fingerprint density at radius 1 is 0.353 bits per heavy atom. The van der Waals surface area contributed by atoms with E-state index in [1.165, 1.54) is 20.8 Å². The minimum atomic E-state index is -1.47. The molecule has 35 nitrogen and oxygen atoms in total. The van der Waals surface area contributed by atoms with Gasteiger partial charge in [-0.25, -0.2) is 0 Å². The maximum atomic E-state index is 14.0. The molecule has 35 heteroatoms. The van der Waals surface area contributed by atoms with E-state index in [-0.39, 0.29) is 194 Å². The Kier molecular flexibility index (Phi) is 48.7. The summed E-state index contributed by atoms with van der Waals surface area (Å²) in [6, 6.07) is -3.32. The van der Waals surface area contributed by atoms with Crippen molar-refractivity contribution in [3.05, 3.63) is 0 Å². The van der Waals surface area contributed by atoms with Gasteiger partial charge in [0.1, 0.15) is 90.4 Å². The maximum absolute atomic E-state index is 14.0. The summed E-state index contributed by atoms with van der Waals surface area (Å²) in [6.07, 6.45) is -9.49. The van der Waals surface area contributed by atoms with E-state index in [0.29, 0.717) is 25.9 Å². The van der Waals surface area contributed by atoms with Crippen molar-refractivity contribution in [1.29, 1.82) is 0 Å². The molecule has 3 heterocycles. The number of Topliss-reactive ketones (excluding diaryl/α,β-unsaturated/α-hetero) is 3. The van der Waals surface area contributed by atoms with E-state index >= 15 is 0 Å². The molecule has 3 fully saturated rings. The van der Waals surface area contributed by atoms with Crippen LogP contribution in [0.25, 0.3) is 0 Å². The lowest BCUT2D eigenvalue weighted by Gasteiger charge is -2.42. The Labute approximate surface area is 596 Å². The normalized spacial score (nSPS) is 25.6. The lowest BCUT2D eigenvalue weighted by Crippen LogP contribution is -2.64. The zero-order valence-electron chi connectivity index (χ0n) is 59.8. The summed E-state index contributed by atoms with van der Waals surface area (Å²) in [5, 5.41) is 104. The van der Waals surface area contributed by atoms with Gasteiger partial charge in [0.05, 0.1) is 106 Å². The first-order chi connectivity index (χ1) is 49.0. The monoisotopic (exact) mass is 1470 g/mol. The number of unbranched alkanes of at least 4 members (excludes halogenated alkanes) is 4. The number of hydrogen-bond acceptors (Lipinski definition) is 30. The van der Waals surface area contributed by atoms with Crippen molar-refractivity contribution in [2.24, 2.45) is 0 Å². The topological polar surface area (TPSA) is 499 Å². The van der Waals surface area contributed by atoms with E-state index < -0.39 is 147 Å². The van der Waals surface area contributed by atoms with Crippen molar-refractivity contribution in [3.63, 3.8) is 0 Å². The second-order valence-electron chi connectivity index (χ2n) is 25.5. The fourth-order valence-corrected chi connectivity index (χ4v) is 11.5. The first kappa shape index (κ1) is 91.7. The molecule has 15 atom stereocenters. The van der Waals surface area contributed by atoms with Gasteiger partial charge in [-0.15, -0.1) is 0 Å². The van der Waals surface area contributed by atoms with Crippen LogP contribution < -0.4 is 26.6 Å². The molecule has 3 rings (SSSR count). The van der Waals surface area contributed by atoms with E-state index in [4.69, 9.17) is 61.6 Å². The number of nitrogens with one attached hydrogen (secondary N) is 5. The molecule has 3 aliphatic rings.